The number of carbonyl (C=O) groups excluding carboxylic acids is 3. The van der Waals surface area contributed by atoms with Gasteiger partial charge in [0.2, 0.25) is 0 Å². The number of rotatable bonds is 2. The lowest BCUT2D eigenvalue weighted by Crippen LogP contribution is -2.38. The number of phenols is 3. The Morgan fingerprint density at radius 3 is 2.43 bits per heavy atom. The number of allylic oxidation sites excluding steroid dienone is 2. The van der Waals surface area contributed by atoms with E-state index in [1.807, 2.05) is 0 Å². The molecule has 3 heterocycles. The molecular weight excluding hydrogens is 602 g/mol. The molecule has 13 nitrogen and oxygen atoms in total. The maximum atomic E-state index is 13.7. The summed E-state index contributed by atoms with van der Waals surface area (Å²) >= 11 is 0. The smallest absolute Gasteiger partial charge is 0.312 e. The number of hydrogen-bond acceptors (Lipinski definition) is 12. The van der Waals surface area contributed by atoms with Crippen molar-refractivity contribution in [1.29, 1.82) is 0 Å². The molecule has 0 unspecified atom stereocenters. The molecule has 5 bridgehead atoms. The average molecular weight is 642 g/mol. The standard InChI is InChI=1S/C33H39NO12/c1-16-8-6-7-9-19(36)12-20(37)13-25(45-18(3)35)17(2)24(43-5)10-11-44-33(4)31(41)29-26(46-33)15-23(39)28-27(29)22(38)14-21(30(28)40)34-32(16)42/h6-8,10-11,14-15,17,19-20,24-25,36-40H,9,12-13H2,1-5H3,(H,34,42)/b7-6+,11-10+,16-8-/t17-,19+,20-,24+,25+,33+/m1/s1. The molecule has 2 aromatic rings. The molecule has 3 aliphatic rings. The second kappa shape index (κ2) is 13.8. The largest absolute Gasteiger partial charge is 0.507 e. The number of methoxy groups -OCH3 is 1. The van der Waals surface area contributed by atoms with Crippen molar-refractivity contribution in [2.75, 3.05) is 12.4 Å². The molecule has 6 atom stereocenters. The van der Waals surface area contributed by atoms with Gasteiger partial charge in [-0.1, -0.05) is 25.2 Å². The molecule has 0 spiro atoms. The van der Waals surface area contributed by atoms with Crippen LogP contribution >= 0.6 is 0 Å². The maximum absolute atomic E-state index is 13.7. The molecule has 0 aromatic heterocycles. The van der Waals surface area contributed by atoms with Crippen LogP contribution in [0.2, 0.25) is 0 Å². The number of aromatic hydroxyl groups is 3. The molecule has 0 aliphatic carbocycles. The number of aliphatic hydroxyl groups excluding tert-OH is 2. The van der Waals surface area contributed by atoms with Crippen molar-refractivity contribution in [3.63, 3.8) is 0 Å². The van der Waals surface area contributed by atoms with Crippen molar-refractivity contribution < 1.29 is 58.9 Å². The molecule has 248 valence electrons. The third-order valence-corrected chi connectivity index (χ3v) is 8.04. The fraction of sp³-hybridized carbons (Fsp3) is 0.424. The minimum atomic E-state index is -1.96. The first-order chi connectivity index (χ1) is 21.7. The van der Waals surface area contributed by atoms with E-state index in [0.29, 0.717) is 0 Å². The summed E-state index contributed by atoms with van der Waals surface area (Å²) in [7, 11) is 1.42. The van der Waals surface area contributed by atoms with Gasteiger partial charge < -0.3 is 49.8 Å². The van der Waals surface area contributed by atoms with E-state index in [1.54, 1.807) is 19.1 Å². The van der Waals surface area contributed by atoms with Crippen LogP contribution in [-0.4, -0.2) is 80.5 Å². The maximum Gasteiger partial charge on any atom is 0.312 e. The molecule has 0 fully saturated rings. The lowest BCUT2D eigenvalue weighted by Gasteiger charge is -2.30. The van der Waals surface area contributed by atoms with Gasteiger partial charge in [0.05, 0.1) is 41.2 Å². The van der Waals surface area contributed by atoms with Crippen LogP contribution in [0.4, 0.5) is 5.69 Å². The zero-order valence-corrected chi connectivity index (χ0v) is 26.1. The number of nitrogens with one attached hydrogen (secondary N) is 1. The van der Waals surface area contributed by atoms with Gasteiger partial charge >= 0.3 is 11.8 Å². The normalized spacial score (nSPS) is 30.2. The average Bonchev–Trinajstić information content (AvgIpc) is 3.22. The first-order valence-electron chi connectivity index (χ1n) is 14.7. The molecule has 0 radical (unpaired) electrons. The summed E-state index contributed by atoms with van der Waals surface area (Å²) < 4.78 is 22.6. The van der Waals surface area contributed by atoms with E-state index in [0.717, 1.165) is 12.1 Å². The van der Waals surface area contributed by atoms with Crippen LogP contribution in [0.25, 0.3) is 10.8 Å². The van der Waals surface area contributed by atoms with Crippen LogP contribution in [0, 0.1) is 5.92 Å². The predicted molar refractivity (Wildman–Crippen MR) is 165 cm³/mol. The highest BCUT2D eigenvalue weighted by Gasteiger charge is 2.48. The Labute approximate surface area is 265 Å². The van der Waals surface area contributed by atoms with Gasteiger partial charge in [0.1, 0.15) is 23.4 Å². The Hall–Kier alpha value is -4.59. The zero-order valence-electron chi connectivity index (χ0n) is 26.1. The summed E-state index contributed by atoms with van der Waals surface area (Å²) in [5.74, 6) is -6.19. The summed E-state index contributed by atoms with van der Waals surface area (Å²) in [5.41, 5.74) is -0.179. The van der Waals surface area contributed by atoms with Crippen LogP contribution in [0.5, 0.6) is 23.0 Å². The molecule has 1 amide bonds. The lowest BCUT2D eigenvalue weighted by atomic mass is 9.91. The van der Waals surface area contributed by atoms with Crippen LogP contribution in [0.15, 0.2) is 48.3 Å². The molecule has 3 aliphatic heterocycles. The predicted octanol–water partition coefficient (Wildman–Crippen LogP) is 3.71. The highest BCUT2D eigenvalue weighted by molar-refractivity contribution is 6.20. The fourth-order valence-electron chi connectivity index (χ4n) is 5.54. The summed E-state index contributed by atoms with van der Waals surface area (Å²) in [4.78, 5) is 38.4. The van der Waals surface area contributed by atoms with Gasteiger partial charge in [0, 0.05) is 56.4 Å². The zero-order chi connectivity index (χ0) is 33.9. The highest BCUT2D eigenvalue weighted by Crippen LogP contribution is 2.51. The van der Waals surface area contributed by atoms with Gasteiger partial charge in [-0.25, -0.2) is 0 Å². The number of carbonyl (C=O) groups is 3. The van der Waals surface area contributed by atoms with Crippen LogP contribution in [0.1, 0.15) is 57.3 Å². The Bertz CT molecular complexity index is 1610. The summed E-state index contributed by atoms with van der Waals surface area (Å²) in [6.45, 7) is 5.81. The second-order valence-electron chi connectivity index (χ2n) is 11.6. The summed E-state index contributed by atoms with van der Waals surface area (Å²) in [6.07, 6.45) is 3.86. The topological polar surface area (TPSA) is 201 Å². The number of ketones is 1. The minimum absolute atomic E-state index is 0.00179. The number of anilines is 1. The van der Waals surface area contributed by atoms with Gasteiger partial charge in [-0.2, -0.15) is 0 Å². The molecule has 0 saturated heterocycles. The van der Waals surface area contributed by atoms with Crippen molar-refractivity contribution in [2.24, 2.45) is 5.92 Å². The van der Waals surface area contributed by atoms with Gasteiger partial charge in [0.15, 0.2) is 5.75 Å². The number of Topliss-reactive ketones (excluding diaryl/α,β-unsaturated/α-hetero) is 1. The van der Waals surface area contributed by atoms with Crippen LogP contribution < -0.4 is 10.1 Å². The van der Waals surface area contributed by atoms with Crippen molar-refractivity contribution >= 4 is 34.1 Å². The number of esters is 1. The van der Waals surface area contributed by atoms with Crippen molar-refractivity contribution in [1.82, 2.24) is 0 Å². The number of aliphatic hydroxyl groups is 2. The molecule has 46 heavy (non-hydrogen) atoms. The molecule has 0 saturated carbocycles. The number of hydrogen-bond donors (Lipinski definition) is 6. The van der Waals surface area contributed by atoms with Crippen LogP contribution in [-0.2, 0) is 23.8 Å². The molecule has 5 rings (SSSR count). The minimum Gasteiger partial charge on any atom is -0.507 e. The monoisotopic (exact) mass is 641 g/mol. The van der Waals surface area contributed by atoms with Gasteiger partial charge in [-0.15, -0.1) is 0 Å². The molecule has 13 heteroatoms. The van der Waals surface area contributed by atoms with Crippen LogP contribution in [0.3, 0.4) is 0 Å². The van der Waals surface area contributed by atoms with E-state index in [2.05, 4.69) is 5.32 Å². The van der Waals surface area contributed by atoms with Gasteiger partial charge in [0.25, 0.3) is 11.7 Å². The number of benzene rings is 2. The quantitative estimate of drug-likeness (QED) is 0.158. The Morgan fingerprint density at radius 1 is 1.07 bits per heavy atom. The fourth-order valence-corrected chi connectivity index (χ4v) is 5.54. The SMILES string of the molecule is CO[C@H]1/C=C/O[C@@]2(C)Oc3cc(O)c4c(O)c(cc(O)c4c3C2=O)NC(=O)/C(C)=C\C=C\C[C@H](O)C[C@@H](O)C[C@H](OC(C)=O)[C@@H]1C. The molecule has 6 N–H and O–H groups in total. The Kier molecular flexibility index (Phi) is 10.3. The van der Waals surface area contributed by atoms with Gasteiger partial charge in [-0.3, -0.25) is 14.4 Å². The number of fused-ring (bicyclic) bond motifs is 14. The first kappa shape index (κ1) is 34.3. The third-order valence-electron chi connectivity index (χ3n) is 8.04. The van der Waals surface area contributed by atoms with Crippen molar-refractivity contribution in [2.45, 2.75) is 77.2 Å². The highest BCUT2D eigenvalue weighted by atomic mass is 16.7. The second-order valence-corrected chi connectivity index (χ2v) is 11.6. The van der Waals surface area contributed by atoms with E-state index in [4.69, 9.17) is 18.9 Å². The van der Waals surface area contributed by atoms with E-state index in [1.165, 1.54) is 46.3 Å². The Balaban J connectivity index is 1.78. The number of phenolic OH excluding ortho intramolecular Hbond substituents is 3. The van der Waals surface area contributed by atoms with Crippen molar-refractivity contribution in [3.8, 4) is 23.0 Å². The van der Waals surface area contributed by atoms with Gasteiger partial charge in [-0.05, 0) is 25.8 Å². The summed E-state index contributed by atoms with van der Waals surface area (Å²) in [6, 6.07) is 2.14. The van der Waals surface area contributed by atoms with E-state index in [-0.39, 0.29) is 52.6 Å². The van der Waals surface area contributed by atoms with E-state index >= 15 is 0 Å². The third kappa shape index (κ3) is 7.11. The van der Waals surface area contributed by atoms with E-state index in [9.17, 15) is 39.9 Å². The number of amides is 1. The summed E-state index contributed by atoms with van der Waals surface area (Å²) in [5, 5.41) is 56.0. The first-order valence-corrected chi connectivity index (χ1v) is 14.7. The molecule has 2 aromatic carbocycles. The molecular formula is C33H39NO12. The van der Waals surface area contributed by atoms with E-state index < -0.39 is 71.0 Å². The Morgan fingerprint density at radius 2 is 1.76 bits per heavy atom. The number of ether oxygens (including phenoxy) is 4. The lowest BCUT2D eigenvalue weighted by molar-refractivity contribution is -0.153. The van der Waals surface area contributed by atoms with Crippen molar-refractivity contribution in [3.05, 3.63) is 53.8 Å².